The van der Waals surface area contributed by atoms with E-state index in [1.165, 1.54) is 12.8 Å². The first kappa shape index (κ1) is 12.6. The van der Waals surface area contributed by atoms with Crippen LogP contribution >= 0.6 is 0 Å². The van der Waals surface area contributed by atoms with Gasteiger partial charge in [-0.2, -0.15) is 0 Å². The first-order valence-corrected chi connectivity index (χ1v) is 6.60. The molecule has 0 aromatic carbocycles. The molecule has 0 amide bonds. The van der Waals surface area contributed by atoms with Crippen molar-refractivity contribution in [3.8, 4) is 0 Å². The summed E-state index contributed by atoms with van der Waals surface area (Å²) in [5.74, 6) is 0.367. The predicted octanol–water partition coefficient (Wildman–Crippen LogP) is 2.55. The van der Waals surface area contributed by atoms with Gasteiger partial charge in [0.2, 0.25) is 0 Å². The van der Waals surface area contributed by atoms with Crippen molar-refractivity contribution >= 4 is 0 Å². The molecule has 4 heteroatoms. The van der Waals surface area contributed by atoms with Crippen LogP contribution in [0.1, 0.15) is 58.3 Å². The highest BCUT2D eigenvalue weighted by Crippen LogP contribution is 2.42. The van der Waals surface area contributed by atoms with Gasteiger partial charge in [0, 0.05) is 6.54 Å². The van der Waals surface area contributed by atoms with E-state index in [1.54, 1.807) is 10.9 Å². The molecule has 96 valence electrons. The van der Waals surface area contributed by atoms with Crippen molar-refractivity contribution in [3.05, 3.63) is 11.9 Å². The Bertz CT molecular complexity index is 362. The fourth-order valence-corrected chi connectivity index (χ4v) is 2.72. The van der Waals surface area contributed by atoms with E-state index in [-0.39, 0.29) is 0 Å². The Hall–Kier alpha value is -0.900. The molecule has 1 aliphatic carbocycles. The number of aliphatic hydroxyl groups excluding tert-OH is 1. The Labute approximate surface area is 103 Å². The minimum Gasteiger partial charge on any atom is -0.386 e. The van der Waals surface area contributed by atoms with E-state index in [9.17, 15) is 5.11 Å². The van der Waals surface area contributed by atoms with Crippen LogP contribution in [0.4, 0.5) is 0 Å². The molecule has 1 heterocycles. The monoisotopic (exact) mass is 237 g/mol. The van der Waals surface area contributed by atoms with Gasteiger partial charge in [-0.05, 0) is 43.9 Å². The van der Waals surface area contributed by atoms with E-state index in [2.05, 4.69) is 24.2 Å². The van der Waals surface area contributed by atoms with Crippen LogP contribution in [0.2, 0.25) is 0 Å². The second-order valence-corrected chi connectivity index (χ2v) is 5.92. The highest BCUT2D eigenvalue weighted by molar-refractivity contribution is 5.02. The Morgan fingerprint density at radius 1 is 1.47 bits per heavy atom. The zero-order chi connectivity index (χ0) is 12.5. The quantitative estimate of drug-likeness (QED) is 0.879. The molecule has 0 aliphatic heterocycles. The van der Waals surface area contributed by atoms with E-state index >= 15 is 0 Å². The minimum absolute atomic E-state index is 0.367. The lowest BCUT2D eigenvalue weighted by molar-refractivity contribution is 0.0506. The van der Waals surface area contributed by atoms with Crippen molar-refractivity contribution in [3.63, 3.8) is 0 Å². The van der Waals surface area contributed by atoms with Crippen molar-refractivity contribution in [1.29, 1.82) is 0 Å². The average Bonchev–Trinajstić information content (AvgIpc) is 2.76. The Morgan fingerprint density at radius 3 is 2.71 bits per heavy atom. The largest absolute Gasteiger partial charge is 0.386 e. The van der Waals surface area contributed by atoms with Crippen LogP contribution in [-0.4, -0.2) is 20.1 Å². The normalized spacial score (nSPS) is 22.6. The van der Waals surface area contributed by atoms with Gasteiger partial charge in [-0.1, -0.05) is 19.1 Å². The molecule has 2 rings (SSSR count). The molecular weight excluding hydrogens is 214 g/mol. The Kier molecular flexibility index (Phi) is 3.52. The van der Waals surface area contributed by atoms with E-state index in [0.29, 0.717) is 11.3 Å². The summed E-state index contributed by atoms with van der Waals surface area (Å²) in [6.07, 6.45) is 5.89. The summed E-state index contributed by atoms with van der Waals surface area (Å²) in [5.41, 5.74) is 1.32. The number of nitrogens with zero attached hydrogens (tertiary/aromatic N) is 3. The molecule has 1 unspecified atom stereocenters. The highest BCUT2D eigenvalue weighted by Gasteiger charge is 2.32. The Morgan fingerprint density at radius 2 is 2.12 bits per heavy atom. The first-order chi connectivity index (χ1) is 8.03. The summed E-state index contributed by atoms with van der Waals surface area (Å²) in [6.45, 7) is 7.42. The van der Waals surface area contributed by atoms with E-state index in [4.69, 9.17) is 0 Å². The van der Waals surface area contributed by atoms with Gasteiger partial charge in [-0.3, -0.25) is 0 Å². The lowest BCUT2D eigenvalue weighted by Gasteiger charge is -2.36. The maximum absolute atomic E-state index is 10.4. The molecule has 4 nitrogen and oxygen atoms in total. The van der Waals surface area contributed by atoms with Crippen molar-refractivity contribution < 1.29 is 5.11 Å². The number of hydrogen-bond donors (Lipinski definition) is 1. The molecule has 0 bridgehead atoms. The number of aryl methyl sites for hydroxylation is 1. The molecule has 17 heavy (non-hydrogen) atoms. The molecule has 1 aliphatic rings. The van der Waals surface area contributed by atoms with E-state index in [1.807, 2.05) is 6.92 Å². The lowest BCUT2D eigenvalue weighted by Crippen LogP contribution is -2.26. The summed E-state index contributed by atoms with van der Waals surface area (Å²) in [4.78, 5) is 0. The second-order valence-electron chi connectivity index (χ2n) is 5.92. The fourth-order valence-electron chi connectivity index (χ4n) is 2.72. The molecule has 0 spiro atoms. The summed E-state index contributed by atoms with van der Waals surface area (Å²) >= 11 is 0. The van der Waals surface area contributed by atoms with E-state index in [0.717, 1.165) is 25.1 Å². The molecule has 1 aromatic rings. The zero-order valence-corrected chi connectivity index (χ0v) is 11.1. The molecule has 1 aromatic heterocycles. The maximum atomic E-state index is 10.4. The van der Waals surface area contributed by atoms with E-state index < -0.39 is 6.10 Å². The smallest absolute Gasteiger partial charge is 0.100 e. The lowest BCUT2D eigenvalue weighted by atomic mass is 9.71. The number of rotatable bonds is 3. The third-order valence-electron chi connectivity index (χ3n) is 4.08. The third-order valence-corrected chi connectivity index (χ3v) is 4.08. The highest BCUT2D eigenvalue weighted by atomic mass is 16.3. The third kappa shape index (κ3) is 2.68. The molecule has 1 atom stereocenters. The molecule has 0 saturated heterocycles. The van der Waals surface area contributed by atoms with Gasteiger partial charge >= 0.3 is 0 Å². The van der Waals surface area contributed by atoms with Crippen molar-refractivity contribution in [2.45, 2.75) is 59.1 Å². The second kappa shape index (κ2) is 4.77. The SMILES string of the molecule is CCn1nncc1C(O)C1CCC(C)(C)CC1. The molecule has 0 radical (unpaired) electrons. The number of aliphatic hydroxyl groups is 1. The first-order valence-electron chi connectivity index (χ1n) is 6.60. The van der Waals surface area contributed by atoms with Crippen LogP contribution in [0.3, 0.4) is 0 Å². The summed E-state index contributed by atoms with van der Waals surface area (Å²) in [5, 5.41) is 18.3. The van der Waals surface area contributed by atoms with Crippen LogP contribution < -0.4 is 0 Å². The van der Waals surface area contributed by atoms with Gasteiger partial charge in [0.05, 0.1) is 11.9 Å². The number of aromatic nitrogens is 3. The van der Waals surface area contributed by atoms with Crippen LogP contribution in [0.25, 0.3) is 0 Å². The summed E-state index contributed by atoms with van der Waals surface area (Å²) in [6, 6.07) is 0. The maximum Gasteiger partial charge on any atom is 0.100 e. The van der Waals surface area contributed by atoms with Gasteiger partial charge in [0.1, 0.15) is 6.10 Å². The van der Waals surface area contributed by atoms with Crippen molar-refractivity contribution in [2.24, 2.45) is 11.3 Å². The van der Waals surface area contributed by atoms with Crippen LogP contribution in [0.15, 0.2) is 6.20 Å². The van der Waals surface area contributed by atoms with Crippen molar-refractivity contribution in [1.82, 2.24) is 15.0 Å². The molecule has 1 fully saturated rings. The summed E-state index contributed by atoms with van der Waals surface area (Å²) < 4.78 is 1.80. The summed E-state index contributed by atoms with van der Waals surface area (Å²) in [7, 11) is 0. The predicted molar refractivity (Wildman–Crippen MR) is 66.4 cm³/mol. The molecule has 1 N–H and O–H groups in total. The molecule has 1 saturated carbocycles. The topological polar surface area (TPSA) is 50.9 Å². The minimum atomic E-state index is -0.402. The Balaban J connectivity index is 2.04. The van der Waals surface area contributed by atoms with Crippen LogP contribution in [0, 0.1) is 11.3 Å². The van der Waals surface area contributed by atoms with Gasteiger partial charge in [0.15, 0.2) is 0 Å². The number of hydrogen-bond acceptors (Lipinski definition) is 3. The van der Waals surface area contributed by atoms with Crippen LogP contribution in [0.5, 0.6) is 0 Å². The fraction of sp³-hybridized carbons (Fsp3) is 0.846. The van der Waals surface area contributed by atoms with Gasteiger partial charge in [-0.15, -0.1) is 5.10 Å². The average molecular weight is 237 g/mol. The molecular formula is C13H23N3O. The van der Waals surface area contributed by atoms with Crippen molar-refractivity contribution in [2.75, 3.05) is 0 Å². The van der Waals surface area contributed by atoms with Crippen LogP contribution in [-0.2, 0) is 6.54 Å². The van der Waals surface area contributed by atoms with Gasteiger partial charge in [-0.25, -0.2) is 4.68 Å². The standard InChI is InChI=1S/C13H23N3O/c1-4-16-11(9-14-15-16)12(17)10-5-7-13(2,3)8-6-10/h9-10,12,17H,4-8H2,1-3H3. The van der Waals surface area contributed by atoms with Gasteiger partial charge in [0.25, 0.3) is 0 Å². The zero-order valence-electron chi connectivity index (χ0n) is 11.1. The van der Waals surface area contributed by atoms with Gasteiger partial charge < -0.3 is 5.11 Å².